The highest BCUT2D eigenvalue weighted by molar-refractivity contribution is 6.02. The average molecular weight is 348 g/mol. The topological polar surface area (TPSA) is 35.5 Å². The SMILES string of the molecule is COC(=O)C1=C(OC)c2ccc(C(F)(F)F)cc2C1c1ccccc1. The largest absolute Gasteiger partial charge is 0.496 e. The molecule has 0 heterocycles. The summed E-state index contributed by atoms with van der Waals surface area (Å²) in [6.45, 7) is 0. The van der Waals surface area contributed by atoms with E-state index in [9.17, 15) is 18.0 Å². The first-order valence-electron chi connectivity index (χ1n) is 7.51. The summed E-state index contributed by atoms with van der Waals surface area (Å²) in [5.41, 5.74) is 0.956. The predicted octanol–water partition coefficient (Wildman–Crippen LogP) is 4.38. The summed E-state index contributed by atoms with van der Waals surface area (Å²) in [6.07, 6.45) is -4.47. The lowest BCUT2D eigenvalue weighted by atomic mass is 9.87. The van der Waals surface area contributed by atoms with Gasteiger partial charge in [0.25, 0.3) is 0 Å². The number of hydrogen-bond donors (Lipinski definition) is 0. The van der Waals surface area contributed by atoms with Crippen molar-refractivity contribution in [2.24, 2.45) is 0 Å². The Morgan fingerprint density at radius 2 is 1.72 bits per heavy atom. The maximum atomic E-state index is 13.2. The molecule has 1 unspecified atom stereocenters. The van der Waals surface area contributed by atoms with Gasteiger partial charge in [0, 0.05) is 11.5 Å². The number of carbonyl (C=O) groups is 1. The number of benzene rings is 2. The summed E-state index contributed by atoms with van der Waals surface area (Å²) in [5.74, 6) is -1.07. The Balaban J connectivity index is 2.26. The standard InChI is InChI=1S/C19H15F3O3/c1-24-17-13-9-8-12(19(20,21)22)10-14(13)15(16(17)18(23)25-2)11-6-4-3-5-7-11/h3-10,15H,1-2H3. The molecule has 0 spiro atoms. The molecule has 130 valence electrons. The van der Waals surface area contributed by atoms with E-state index in [1.165, 1.54) is 20.3 Å². The number of halogens is 3. The first-order valence-corrected chi connectivity index (χ1v) is 7.51. The van der Waals surface area contributed by atoms with Crippen molar-refractivity contribution in [3.8, 4) is 0 Å². The van der Waals surface area contributed by atoms with E-state index >= 15 is 0 Å². The van der Waals surface area contributed by atoms with Gasteiger partial charge in [-0.05, 0) is 23.3 Å². The molecule has 0 aromatic heterocycles. The van der Waals surface area contributed by atoms with Crippen molar-refractivity contribution in [1.82, 2.24) is 0 Å². The maximum Gasteiger partial charge on any atom is 0.416 e. The Kier molecular flexibility index (Phi) is 4.29. The van der Waals surface area contributed by atoms with Crippen LogP contribution in [0, 0.1) is 0 Å². The smallest absolute Gasteiger partial charge is 0.416 e. The van der Waals surface area contributed by atoms with Crippen molar-refractivity contribution in [3.63, 3.8) is 0 Å². The summed E-state index contributed by atoms with van der Waals surface area (Å²) < 4.78 is 49.6. The number of carbonyl (C=O) groups excluding carboxylic acids is 1. The molecule has 0 N–H and O–H groups in total. The van der Waals surface area contributed by atoms with Gasteiger partial charge < -0.3 is 9.47 Å². The maximum absolute atomic E-state index is 13.2. The van der Waals surface area contributed by atoms with Crippen molar-refractivity contribution in [3.05, 3.63) is 76.4 Å². The van der Waals surface area contributed by atoms with Gasteiger partial charge in [-0.1, -0.05) is 36.4 Å². The van der Waals surface area contributed by atoms with Crippen LogP contribution in [0.3, 0.4) is 0 Å². The average Bonchev–Trinajstić information content (AvgIpc) is 2.94. The highest BCUT2D eigenvalue weighted by Crippen LogP contribution is 2.47. The van der Waals surface area contributed by atoms with E-state index < -0.39 is 23.6 Å². The van der Waals surface area contributed by atoms with Gasteiger partial charge in [-0.2, -0.15) is 13.2 Å². The third kappa shape index (κ3) is 2.88. The summed E-state index contributed by atoms with van der Waals surface area (Å²) >= 11 is 0. The Labute approximate surface area is 142 Å². The van der Waals surface area contributed by atoms with Gasteiger partial charge in [0.2, 0.25) is 0 Å². The molecule has 1 aliphatic carbocycles. The molecule has 0 saturated carbocycles. The van der Waals surface area contributed by atoms with Gasteiger partial charge >= 0.3 is 12.1 Å². The molecular weight excluding hydrogens is 333 g/mol. The molecule has 2 aromatic rings. The Morgan fingerprint density at radius 1 is 1.04 bits per heavy atom. The molecule has 0 amide bonds. The quantitative estimate of drug-likeness (QED) is 0.772. The predicted molar refractivity (Wildman–Crippen MR) is 85.7 cm³/mol. The van der Waals surface area contributed by atoms with Crippen molar-refractivity contribution >= 4 is 11.7 Å². The lowest BCUT2D eigenvalue weighted by Gasteiger charge is -2.17. The summed E-state index contributed by atoms with van der Waals surface area (Å²) in [5, 5.41) is 0. The van der Waals surface area contributed by atoms with Crippen LogP contribution in [0.25, 0.3) is 5.76 Å². The third-order valence-electron chi connectivity index (χ3n) is 4.21. The third-order valence-corrected chi connectivity index (χ3v) is 4.21. The van der Waals surface area contributed by atoms with E-state index in [4.69, 9.17) is 9.47 Å². The molecule has 3 nitrogen and oxygen atoms in total. The van der Waals surface area contributed by atoms with Crippen LogP contribution in [0.15, 0.2) is 54.1 Å². The van der Waals surface area contributed by atoms with Crippen molar-refractivity contribution < 1.29 is 27.4 Å². The van der Waals surface area contributed by atoms with Gasteiger partial charge in [-0.25, -0.2) is 4.79 Å². The van der Waals surface area contributed by atoms with E-state index in [-0.39, 0.29) is 11.3 Å². The van der Waals surface area contributed by atoms with Gasteiger partial charge in [0.05, 0.1) is 25.4 Å². The van der Waals surface area contributed by atoms with Crippen LogP contribution in [0.5, 0.6) is 0 Å². The second-order valence-electron chi connectivity index (χ2n) is 5.58. The van der Waals surface area contributed by atoms with Crippen LogP contribution in [0.1, 0.15) is 28.2 Å². The highest BCUT2D eigenvalue weighted by Gasteiger charge is 2.40. The minimum atomic E-state index is -4.47. The summed E-state index contributed by atoms with van der Waals surface area (Å²) in [6, 6.07) is 12.2. The number of methoxy groups -OCH3 is 2. The lowest BCUT2D eigenvalue weighted by Crippen LogP contribution is -2.13. The van der Waals surface area contributed by atoms with Crippen LogP contribution in [-0.2, 0) is 20.4 Å². The van der Waals surface area contributed by atoms with E-state index in [1.807, 2.05) is 0 Å². The molecule has 1 aliphatic rings. The molecule has 2 aromatic carbocycles. The van der Waals surface area contributed by atoms with Crippen LogP contribution in [0.2, 0.25) is 0 Å². The zero-order chi connectivity index (χ0) is 18.2. The Morgan fingerprint density at radius 3 is 2.28 bits per heavy atom. The molecule has 0 aliphatic heterocycles. The lowest BCUT2D eigenvalue weighted by molar-refractivity contribution is -0.137. The van der Waals surface area contributed by atoms with Crippen molar-refractivity contribution in [2.45, 2.75) is 12.1 Å². The second kappa shape index (κ2) is 6.27. The number of rotatable bonds is 3. The number of fused-ring (bicyclic) bond motifs is 1. The van der Waals surface area contributed by atoms with Gasteiger partial charge in [0.1, 0.15) is 5.76 Å². The number of esters is 1. The molecule has 0 radical (unpaired) electrons. The Hall–Kier alpha value is -2.76. The van der Waals surface area contributed by atoms with Crippen LogP contribution in [0.4, 0.5) is 13.2 Å². The van der Waals surface area contributed by atoms with E-state index in [0.717, 1.165) is 12.1 Å². The molecule has 0 bridgehead atoms. The fourth-order valence-electron chi connectivity index (χ4n) is 3.15. The molecule has 6 heteroatoms. The number of hydrogen-bond acceptors (Lipinski definition) is 3. The first-order chi connectivity index (χ1) is 11.9. The summed E-state index contributed by atoms with van der Waals surface area (Å²) in [7, 11) is 2.61. The van der Waals surface area contributed by atoms with E-state index in [2.05, 4.69) is 0 Å². The molecular formula is C19H15F3O3. The number of alkyl halides is 3. The highest BCUT2D eigenvalue weighted by atomic mass is 19.4. The fourth-order valence-corrected chi connectivity index (χ4v) is 3.15. The zero-order valence-corrected chi connectivity index (χ0v) is 13.6. The van der Waals surface area contributed by atoms with Gasteiger partial charge in [0.15, 0.2) is 0 Å². The molecule has 25 heavy (non-hydrogen) atoms. The van der Waals surface area contributed by atoms with E-state index in [1.54, 1.807) is 30.3 Å². The molecule has 0 fully saturated rings. The summed E-state index contributed by atoms with van der Waals surface area (Å²) in [4.78, 5) is 12.3. The monoisotopic (exact) mass is 348 g/mol. The van der Waals surface area contributed by atoms with Crippen molar-refractivity contribution in [1.29, 1.82) is 0 Å². The van der Waals surface area contributed by atoms with Crippen LogP contribution >= 0.6 is 0 Å². The van der Waals surface area contributed by atoms with Crippen LogP contribution < -0.4 is 0 Å². The number of ether oxygens (including phenoxy) is 2. The minimum Gasteiger partial charge on any atom is -0.496 e. The molecule has 3 rings (SSSR count). The van der Waals surface area contributed by atoms with Gasteiger partial charge in [-0.3, -0.25) is 0 Å². The normalized spacial score (nSPS) is 16.6. The van der Waals surface area contributed by atoms with Crippen molar-refractivity contribution in [2.75, 3.05) is 14.2 Å². The zero-order valence-electron chi connectivity index (χ0n) is 13.6. The van der Waals surface area contributed by atoms with Gasteiger partial charge in [-0.15, -0.1) is 0 Å². The van der Waals surface area contributed by atoms with Crippen LogP contribution in [-0.4, -0.2) is 20.2 Å². The second-order valence-corrected chi connectivity index (χ2v) is 5.58. The Bertz CT molecular complexity index is 839. The molecule has 1 atom stereocenters. The first kappa shape index (κ1) is 17.1. The molecule has 0 saturated heterocycles. The van der Waals surface area contributed by atoms with E-state index in [0.29, 0.717) is 16.7 Å². The fraction of sp³-hybridized carbons (Fsp3) is 0.211. The minimum absolute atomic E-state index is 0.200.